The molecule has 0 unspecified atom stereocenters. The molecule has 0 spiro atoms. The van der Waals surface area contributed by atoms with Gasteiger partial charge in [-0.2, -0.15) is 0 Å². The molecule has 5 heteroatoms. The quantitative estimate of drug-likeness (QED) is 0.693. The van der Waals surface area contributed by atoms with Gasteiger partial charge >= 0.3 is 0 Å². The molecule has 0 N–H and O–H groups in total. The van der Waals surface area contributed by atoms with E-state index in [-0.39, 0.29) is 0 Å². The van der Waals surface area contributed by atoms with Crippen LogP contribution in [0.4, 0.5) is 0 Å². The van der Waals surface area contributed by atoms with Crippen LogP contribution in [0.1, 0.15) is 5.01 Å². The number of hydrogen-bond donors (Lipinski definition) is 0. The molecule has 1 aromatic heterocycles. The number of aryl methyl sites for hydroxylation is 1. The molecule has 0 aromatic carbocycles. The largest absolute Gasteiger partial charge is 0.168 e. The molecule has 0 saturated heterocycles. The average molecular weight is 204 g/mol. The standard InChI is InChI=1S/C6H12N2S2Si/c1-5-7-8-6(9-5)10-11(2,3)4/h1-4H3. The van der Waals surface area contributed by atoms with E-state index in [1.165, 1.54) is 0 Å². The SMILES string of the molecule is Cc1nnc(S[Si](C)(C)C)s1. The van der Waals surface area contributed by atoms with E-state index in [2.05, 4.69) is 29.8 Å². The van der Waals surface area contributed by atoms with Crippen LogP contribution in [0.5, 0.6) is 0 Å². The van der Waals surface area contributed by atoms with E-state index in [9.17, 15) is 0 Å². The van der Waals surface area contributed by atoms with Crippen LogP contribution in [0.3, 0.4) is 0 Å². The van der Waals surface area contributed by atoms with E-state index in [1.54, 1.807) is 11.3 Å². The Labute approximate surface area is 76.1 Å². The monoisotopic (exact) mass is 204 g/mol. The summed E-state index contributed by atoms with van der Waals surface area (Å²) >= 11 is 3.60. The van der Waals surface area contributed by atoms with Crippen LogP contribution in [0.25, 0.3) is 0 Å². The Morgan fingerprint density at radius 1 is 1.27 bits per heavy atom. The van der Waals surface area contributed by atoms with E-state index < -0.39 is 7.22 Å². The molecule has 0 fully saturated rings. The zero-order valence-electron chi connectivity index (χ0n) is 7.21. The maximum absolute atomic E-state index is 4.07. The lowest BCUT2D eigenvalue weighted by molar-refractivity contribution is 0.986. The number of aromatic nitrogens is 2. The van der Waals surface area contributed by atoms with E-state index >= 15 is 0 Å². The van der Waals surface area contributed by atoms with Crippen LogP contribution >= 0.6 is 22.5 Å². The summed E-state index contributed by atoms with van der Waals surface area (Å²) in [6.07, 6.45) is 0. The van der Waals surface area contributed by atoms with E-state index in [0.29, 0.717) is 0 Å². The van der Waals surface area contributed by atoms with Crippen molar-refractivity contribution >= 4 is 29.8 Å². The predicted molar refractivity (Wildman–Crippen MR) is 53.8 cm³/mol. The average Bonchev–Trinajstić information content (AvgIpc) is 2.10. The second kappa shape index (κ2) is 3.24. The topological polar surface area (TPSA) is 25.8 Å². The first-order valence-corrected chi connectivity index (χ1v) is 9.32. The third-order valence-electron chi connectivity index (χ3n) is 0.901. The highest BCUT2D eigenvalue weighted by molar-refractivity contribution is 8.29. The van der Waals surface area contributed by atoms with Gasteiger partial charge in [0.05, 0.1) is 0 Å². The summed E-state index contributed by atoms with van der Waals surface area (Å²) in [6.45, 7) is 8.93. The smallest absolute Gasteiger partial charge is 0.143 e. The van der Waals surface area contributed by atoms with Crippen LogP contribution in [0.15, 0.2) is 4.34 Å². The summed E-state index contributed by atoms with van der Waals surface area (Å²) in [5, 5.41) is 9.10. The molecule has 0 amide bonds. The number of nitrogens with zero attached hydrogens (tertiary/aromatic N) is 2. The second-order valence-corrected chi connectivity index (χ2v) is 13.8. The molecule has 2 nitrogen and oxygen atoms in total. The van der Waals surface area contributed by atoms with E-state index in [1.807, 2.05) is 18.1 Å². The van der Waals surface area contributed by atoms with Crippen molar-refractivity contribution in [2.24, 2.45) is 0 Å². The molecule has 1 rings (SSSR count). The molecule has 0 aliphatic carbocycles. The Bertz CT molecular complexity index is 241. The Kier molecular flexibility index (Phi) is 2.72. The summed E-state index contributed by atoms with van der Waals surface area (Å²) < 4.78 is 1.13. The summed E-state index contributed by atoms with van der Waals surface area (Å²) in [4.78, 5) is 0. The Morgan fingerprint density at radius 2 is 1.91 bits per heavy atom. The number of rotatable bonds is 2. The normalized spacial score (nSPS) is 12.0. The molecule has 62 valence electrons. The molecule has 0 aliphatic rings. The van der Waals surface area contributed by atoms with Crippen molar-refractivity contribution in [2.75, 3.05) is 0 Å². The van der Waals surface area contributed by atoms with Crippen LogP contribution in [0, 0.1) is 6.92 Å². The van der Waals surface area contributed by atoms with Gasteiger partial charge in [-0.1, -0.05) is 31.0 Å². The van der Waals surface area contributed by atoms with Gasteiger partial charge in [0.25, 0.3) is 0 Å². The van der Waals surface area contributed by atoms with Crippen LogP contribution in [-0.2, 0) is 0 Å². The Morgan fingerprint density at radius 3 is 2.27 bits per heavy atom. The van der Waals surface area contributed by atoms with Crippen LogP contribution in [-0.4, -0.2) is 17.4 Å². The lowest BCUT2D eigenvalue weighted by Crippen LogP contribution is -2.13. The zero-order valence-corrected chi connectivity index (χ0v) is 9.84. The van der Waals surface area contributed by atoms with Crippen molar-refractivity contribution in [1.82, 2.24) is 10.2 Å². The van der Waals surface area contributed by atoms with Gasteiger partial charge in [0.15, 0.2) is 4.34 Å². The van der Waals surface area contributed by atoms with Gasteiger partial charge in [-0.15, -0.1) is 21.4 Å². The molecule has 0 saturated carbocycles. The van der Waals surface area contributed by atoms with Gasteiger partial charge in [0.2, 0.25) is 0 Å². The minimum absolute atomic E-state index is 1.06. The molecule has 1 aromatic rings. The third kappa shape index (κ3) is 3.35. The highest BCUT2D eigenvalue weighted by Gasteiger charge is 2.17. The first kappa shape index (κ1) is 9.22. The molecular formula is C6H12N2S2Si. The minimum atomic E-state index is -1.06. The zero-order chi connectivity index (χ0) is 8.48. The summed E-state index contributed by atoms with van der Waals surface area (Å²) in [5.74, 6) is 0. The number of hydrogen-bond acceptors (Lipinski definition) is 4. The van der Waals surface area contributed by atoms with Crippen molar-refractivity contribution < 1.29 is 0 Å². The van der Waals surface area contributed by atoms with Crippen molar-refractivity contribution in [3.8, 4) is 0 Å². The molecule has 0 aliphatic heterocycles. The summed E-state index contributed by atoms with van der Waals surface area (Å²) in [5.41, 5.74) is 0. The lowest BCUT2D eigenvalue weighted by atomic mass is 10.9. The first-order chi connectivity index (χ1) is 4.97. The third-order valence-corrected chi connectivity index (χ3v) is 5.76. The van der Waals surface area contributed by atoms with Crippen molar-refractivity contribution in [3.05, 3.63) is 5.01 Å². The Balaban J connectivity index is 2.65. The Hall–Kier alpha value is 0.127. The maximum Gasteiger partial charge on any atom is 0.168 e. The fourth-order valence-electron chi connectivity index (χ4n) is 0.582. The van der Waals surface area contributed by atoms with Crippen molar-refractivity contribution in [1.29, 1.82) is 0 Å². The van der Waals surface area contributed by atoms with E-state index in [4.69, 9.17) is 0 Å². The molecular weight excluding hydrogens is 192 g/mol. The lowest BCUT2D eigenvalue weighted by Gasteiger charge is -2.10. The second-order valence-electron chi connectivity index (χ2n) is 3.30. The molecule has 11 heavy (non-hydrogen) atoms. The fourth-order valence-corrected chi connectivity index (χ4v) is 6.45. The van der Waals surface area contributed by atoms with Gasteiger partial charge < -0.3 is 0 Å². The van der Waals surface area contributed by atoms with Gasteiger partial charge in [-0.25, -0.2) is 0 Å². The minimum Gasteiger partial charge on any atom is -0.143 e. The highest BCUT2D eigenvalue weighted by Crippen LogP contribution is 2.30. The van der Waals surface area contributed by atoms with Gasteiger partial charge in [0.1, 0.15) is 12.2 Å². The fraction of sp³-hybridized carbons (Fsp3) is 0.667. The predicted octanol–water partition coefficient (Wildman–Crippen LogP) is 2.77. The van der Waals surface area contributed by atoms with Crippen molar-refractivity contribution in [3.63, 3.8) is 0 Å². The van der Waals surface area contributed by atoms with Gasteiger partial charge in [-0.3, -0.25) is 0 Å². The van der Waals surface area contributed by atoms with Crippen molar-refractivity contribution in [2.45, 2.75) is 30.9 Å². The maximum atomic E-state index is 4.07. The van der Waals surface area contributed by atoms with E-state index in [0.717, 1.165) is 9.35 Å². The molecule has 0 bridgehead atoms. The molecule has 0 radical (unpaired) electrons. The van der Waals surface area contributed by atoms with Gasteiger partial charge in [0, 0.05) is 0 Å². The molecule has 1 heterocycles. The van der Waals surface area contributed by atoms with Gasteiger partial charge in [-0.05, 0) is 6.92 Å². The highest BCUT2D eigenvalue weighted by atomic mass is 32.4. The molecule has 0 atom stereocenters. The summed E-state index contributed by atoms with van der Waals surface area (Å²) in [7, 11) is -1.06. The first-order valence-electron chi connectivity index (χ1n) is 3.46. The summed E-state index contributed by atoms with van der Waals surface area (Å²) in [6, 6.07) is 0. The van der Waals surface area contributed by atoms with Crippen LogP contribution < -0.4 is 0 Å². The van der Waals surface area contributed by atoms with Crippen LogP contribution in [0.2, 0.25) is 19.6 Å².